The van der Waals surface area contributed by atoms with Crippen LogP contribution >= 0.6 is 0 Å². The number of hydrogen-bond acceptors (Lipinski definition) is 4. The van der Waals surface area contributed by atoms with Gasteiger partial charge in [0, 0.05) is 12.4 Å². The Hall–Kier alpha value is -2.01. The molecule has 5 nitrogen and oxygen atoms in total. The van der Waals surface area contributed by atoms with E-state index >= 15 is 0 Å². The van der Waals surface area contributed by atoms with Crippen LogP contribution in [0.2, 0.25) is 0 Å². The van der Waals surface area contributed by atoms with Crippen molar-refractivity contribution in [2.24, 2.45) is 0 Å². The number of aromatic nitrogens is 2. The molecule has 1 aromatic heterocycles. The number of imidazole rings is 1. The van der Waals surface area contributed by atoms with E-state index in [1.54, 1.807) is 14.2 Å². The molecule has 2 heterocycles. The molecule has 2 aromatic rings. The van der Waals surface area contributed by atoms with Gasteiger partial charge < -0.3 is 18.8 Å². The van der Waals surface area contributed by atoms with E-state index in [9.17, 15) is 0 Å². The molecule has 0 radical (unpaired) electrons. The number of para-hydroxylation sites is 1. The van der Waals surface area contributed by atoms with Crippen LogP contribution in [0, 0.1) is 0 Å². The quantitative estimate of drug-likeness (QED) is 0.855. The molecule has 128 valence electrons. The van der Waals surface area contributed by atoms with Crippen LogP contribution in [0.5, 0.6) is 11.5 Å². The fraction of sp³-hybridized carbons (Fsp3) is 0.526. The Balaban J connectivity index is 1.69. The van der Waals surface area contributed by atoms with Crippen LogP contribution in [-0.2, 0) is 4.74 Å². The van der Waals surface area contributed by atoms with E-state index in [4.69, 9.17) is 14.2 Å². The van der Waals surface area contributed by atoms with Gasteiger partial charge in [-0.15, -0.1) is 0 Å². The molecule has 0 N–H and O–H groups in total. The van der Waals surface area contributed by atoms with Crippen molar-refractivity contribution in [3.8, 4) is 22.9 Å². The Kier molecular flexibility index (Phi) is 3.96. The van der Waals surface area contributed by atoms with Gasteiger partial charge in [-0.3, -0.25) is 0 Å². The Morgan fingerprint density at radius 2 is 2.04 bits per heavy atom. The Morgan fingerprint density at radius 1 is 1.21 bits per heavy atom. The zero-order chi connectivity index (χ0) is 16.6. The molecule has 0 bridgehead atoms. The van der Waals surface area contributed by atoms with Crippen molar-refractivity contribution in [1.82, 2.24) is 9.55 Å². The number of methoxy groups -OCH3 is 2. The zero-order valence-electron chi connectivity index (χ0n) is 14.3. The van der Waals surface area contributed by atoms with Crippen LogP contribution < -0.4 is 9.47 Å². The smallest absolute Gasteiger partial charge is 0.171 e. The summed E-state index contributed by atoms with van der Waals surface area (Å²) in [5.41, 5.74) is 1.05. The number of ether oxygens (including phenoxy) is 3. The number of hydrogen-bond donors (Lipinski definition) is 0. The number of benzene rings is 1. The first-order valence-corrected chi connectivity index (χ1v) is 8.64. The predicted molar refractivity (Wildman–Crippen MR) is 91.6 cm³/mol. The highest BCUT2D eigenvalue weighted by Crippen LogP contribution is 2.46. The Morgan fingerprint density at radius 3 is 2.79 bits per heavy atom. The summed E-state index contributed by atoms with van der Waals surface area (Å²) in [6.07, 6.45) is 9.93. The van der Waals surface area contributed by atoms with Gasteiger partial charge in [-0.2, -0.15) is 0 Å². The topological polar surface area (TPSA) is 45.5 Å². The van der Waals surface area contributed by atoms with Crippen LogP contribution in [-0.4, -0.2) is 36.0 Å². The fourth-order valence-corrected chi connectivity index (χ4v) is 4.25. The maximum Gasteiger partial charge on any atom is 0.171 e. The van der Waals surface area contributed by atoms with Crippen molar-refractivity contribution in [1.29, 1.82) is 0 Å². The fourth-order valence-electron chi connectivity index (χ4n) is 4.25. The summed E-state index contributed by atoms with van der Waals surface area (Å²) in [6.45, 7) is 0.760. The second-order valence-corrected chi connectivity index (χ2v) is 6.76. The van der Waals surface area contributed by atoms with Gasteiger partial charge in [0.05, 0.1) is 38.0 Å². The summed E-state index contributed by atoms with van der Waals surface area (Å²) in [6, 6.07) is 6.24. The third kappa shape index (κ3) is 2.47. The van der Waals surface area contributed by atoms with Crippen LogP contribution in [0.15, 0.2) is 30.6 Å². The Bertz CT molecular complexity index is 719. The van der Waals surface area contributed by atoms with Crippen molar-refractivity contribution in [2.75, 3.05) is 20.8 Å². The molecule has 2 aliphatic rings. The van der Waals surface area contributed by atoms with Gasteiger partial charge in [0.15, 0.2) is 11.5 Å². The highest BCUT2D eigenvalue weighted by atomic mass is 16.5. The van der Waals surface area contributed by atoms with Crippen molar-refractivity contribution in [3.63, 3.8) is 0 Å². The van der Waals surface area contributed by atoms with Gasteiger partial charge in [-0.25, -0.2) is 4.98 Å². The minimum Gasteiger partial charge on any atom is -0.493 e. The average Bonchev–Trinajstić information content (AvgIpc) is 3.35. The van der Waals surface area contributed by atoms with E-state index in [0.717, 1.165) is 35.9 Å². The molecular formula is C19H24N2O3. The van der Waals surface area contributed by atoms with Crippen LogP contribution in [0.3, 0.4) is 0 Å². The lowest BCUT2D eigenvalue weighted by atomic mass is 9.96. The molecule has 2 fully saturated rings. The molecule has 1 saturated heterocycles. The normalized spacial score (nSPS) is 22.2. The van der Waals surface area contributed by atoms with E-state index in [-0.39, 0.29) is 5.60 Å². The maximum atomic E-state index is 6.23. The Labute approximate surface area is 142 Å². The van der Waals surface area contributed by atoms with Gasteiger partial charge in [0.1, 0.15) is 5.82 Å². The molecule has 4 rings (SSSR count). The molecule has 1 aromatic carbocycles. The highest BCUT2D eigenvalue weighted by Gasteiger charge is 2.43. The van der Waals surface area contributed by atoms with E-state index in [1.807, 2.05) is 24.4 Å². The molecule has 5 heteroatoms. The summed E-state index contributed by atoms with van der Waals surface area (Å²) < 4.78 is 19.5. The molecule has 0 unspecified atom stereocenters. The largest absolute Gasteiger partial charge is 0.493 e. The summed E-state index contributed by atoms with van der Waals surface area (Å²) in [5.74, 6) is 2.36. The molecular weight excluding hydrogens is 304 g/mol. The molecule has 1 atom stereocenters. The first kappa shape index (κ1) is 15.5. The van der Waals surface area contributed by atoms with Crippen molar-refractivity contribution in [3.05, 3.63) is 30.6 Å². The lowest BCUT2D eigenvalue weighted by Crippen LogP contribution is -2.23. The van der Waals surface area contributed by atoms with E-state index in [2.05, 4.69) is 15.7 Å². The van der Waals surface area contributed by atoms with Crippen LogP contribution in [0.4, 0.5) is 0 Å². The third-order valence-electron chi connectivity index (χ3n) is 5.41. The van der Waals surface area contributed by atoms with E-state index in [1.165, 1.54) is 25.7 Å². The van der Waals surface area contributed by atoms with Gasteiger partial charge in [0.25, 0.3) is 0 Å². The molecule has 1 aliphatic carbocycles. The minimum absolute atomic E-state index is 0.102. The van der Waals surface area contributed by atoms with Crippen LogP contribution in [0.25, 0.3) is 11.4 Å². The zero-order valence-corrected chi connectivity index (χ0v) is 14.3. The minimum atomic E-state index is 0.102. The van der Waals surface area contributed by atoms with E-state index in [0.29, 0.717) is 6.04 Å². The molecule has 1 spiro atoms. The predicted octanol–water partition coefficient (Wildman–Crippen LogP) is 3.84. The van der Waals surface area contributed by atoms with Gasteiger partial charge in [0.2, 0.25) is 0 Å². The van der Waals surface area contributed by atoms with Gasteiger partial charge in [-0.1, -0.05) is 18.9 Å². The number of nitrogens with zero attached hydrogens (tertiary/aromatic N) is 2. The summed E-state index contributed by atoms with van der Waals surface area (Å²) in [5, 5.41) is 0. The second-order valence-electron chi connectivity index (χ2n) is 6.76. The molecule has 1 aliphatic heterocycles. The lowest BCUT2D eigenvalue weighted by molar-refractivity contribution is 0.00960. The molecule has 24 heavy (non-hydrogen) atoms. The van der Waals surface area contributed by atoms with Gasteiger partial charge >= 0.3 is 0 Å². The number of rotatable bonds is 4. The molecule has 1 saturated carbocycles. The summed E-state index contributed by atoms with van der Waals surface area (Å²) >= 11 is 0. The van der Waals surface area contributed by atoms with Gasteiger partial charge in [-0.05, 0) is 31.4 Å². The standard InChI is InChI=1S/C19H24N2O3/c1-22-16-7-5-6-15(17(16)23-2)18-20-10-11-21(18)14-12-19(24-13-14)8-3-4-9-19/h5-7,10-11,14H,3-4,8-9,12-13H2,1-2H3/t14-/m0/s1. The lowest BCUT2D eigenvalue weighted by Gasteiger charge is -2.22. The molecule has 0 amide bonds. The first-order valence-electron chi connectivity index (χ1n) is 8.64. The first-order chi connectivity index (χ1) is 11.8. The maximum absolute atomic E-state index is 6.23. The third-order valence-corrected chi connectivity index (χ3v) is 5.41. The second kappa shape index (κ2) is 6.13. The van der Waals surface area contributed by atoms with Crippen molar-refractivity contribution < 1.29 is 14.2 Å². The average molecular weight is 328 g/mol. The SMILES string of the molecule is COc1cccc(-c2nccn2[C@@H]2COC3(CCCC3)C2)c1OC. The monoisotopic (exact) mass is 328 g/mol. The van der Waals surface area contributed by atoms with E-state index < -0.39 is 0 Å². The summed E-state index contributed by atoms with van der Waals surface area (Å²) in [7, 11) is 3.32. The van der Waals surface area contributed by atoms with Crippen LogP contribution in [0.1, 0.15) is 38.1 Å². The highest BCUT2D eigenvalue weighted by molar-refractivity contribution is 5.69. The van der Waals surface area contributed by atoms with Crippen molar-refractivity contribution >= 4 is 0 Å². The van der Waals surface area contributed by atoms with Crippen molar-refractivity contribution in [2.45, 2.75) is 43.7 Å². The summed E-state index contributed by atoms with van der Waals surface area (Å²) in [4.78, 5) is 4.60.